The molecule has 104 valence electrons. The van der Waals surface area contributed by atoms with Crippen LogP contribution in [0.1, 0.15) is 12.5 Å². The lowest BCUT2D eigenvalue weighted by Gasteiger charge is -2.10. The van der Waals surface area contributed by atoms with Crippen LogP contribution < -0.4 is 16.0 Å². The lowest BCUT2D eigenvalue weighted by molar-refractivity contribution is 0.152. The summed E-state index contributed by atoms with van der Waals surface area (Å²) in [6, 6.07) is 7.19. The second kappa shape index (κ2) is 7.97. The molecule has 0 unspecified atom stereocenters. The van der Waals surface area contributed by atoms with Gasteiger partial charge >= 0.3 is 12.1 Å². The fraction of sp³-hybridized carbons (Fsp3) is 0.385. The SMILES string of the molecule is CCOC(=O)NCCNC(=O)Nc1ccccc1C. The minimum atomic E-state index is -0.483. The number of anilines is 1. The Labute approximate surface area is 112 Å². The molecule has 0 fully saturated rings. The van der Waals surface area contributed by atoms with Crippen molar-refractivity contribution in [1.82, 2.24) is 10.6 Å². The van der Waals surface area contributed by atoms with Crippen molar-refractivity contribution in [2.24, 2.45) is 0 Å². The molecule has 0 spiro atoms. The standard InChI is InChI=1S/C13H19N3O3/c1-3-19-13(18)15-9-8-14-12(17)16-11-7-5-4-6-10(11)2/h4-7H,3,8-9H2,1-2H3,(H,15,18)(H2,14,16,17). The average molecular weight is 265 g/mol. The number of amides is 3. The van der Waals surface area contributed by atoms with Crippen molar-refractivity contribution in [3.63, 3.8) is 0 Å². The van der Waals surface area contributed by atoms with E-state index in [-0.39, 0.29) is 6.03 Å². The Hall–Kier alpha value is -2.24. The number of nitrogens with one attached hydrogen (secondary N) is 3. The van der Waals surface area contributed by atoms with Gasteiger partial charge in [-0.25, -0.2) is 9.59 Å². The summed E-state index contributed by atoms with van der Waals surface area (Å²) in [6.45, 7) is 4.62. The highest BCUT2D eigenvalue weighted by molar-refractivity contribution is 5.90. The van der Waals surface area contributed by atoms with E-state index in [9.17, 15) is 9.59 Å². The zero-order valence-electron chi connectivity index (χ0n) is 11.2. The van der Waals surface area contributed by atoms with E-state index in [1.54, 1.807) is 6.92 Å². The molecule has 19 heavy (non-hydrogen) atoms. The van der Waals surface area contributed by atoms with Crippen molar-refractivity contribution in [3.8, 4) is 0 Å². The van der Waals surface area contributed by atoms with Crippen LogP contribution in [0.5, 0.6) is 0 Å². The molecule has 0 radical (unpaired) electrons. The van der Waals surface area contributed by atoms with Gasteiger partial charge in [0.15, 0.2) is 0 Å². The van der Waals surface area contributed by atoms with E-state index in [2.05, 4.69) is 20.7 Å². The first-order valence-corrected chi connectivity index (χ1v) is 6.14. The average Bonchev–Trinajstić information content (AvgIpc) is 2.38. The molecular formula is C13H19N3O3. The fourth-order valence-electron chi connectivity index (χ4n) is 1.40. The summed E-state index contributed by atoms with van der Waals surface area (Å²) in [6.07, 6.45) is -0.483. The number of para-hydroxylation sites is 1. The summed E-state index contributed by atoms with van der Waals surface area (Å²) in [5, 5.41) is 7.88. The number of rotatable bonds is 5. The number of hydrogen-bond donors (Lipinski definition) is 3. The Morgan fingerprint density at radius 1 is 1.16 bits per heavy atom. The number of carbonyl (C=O) groups excluding carboxylic acids is 2. The van der Waals surface area contributed by atoms with Crippen LogP contribution in [0.2, 0.25) is 0 Å². The van der Waals surface area contributed by atoms with Gasteiger partial charge in [-0.1, -0.05) is 18.2 Å². The fourth-order valence-corrected chi connectivity index (χ4v) is 1.40. The number of alkyl carbamates (subject to hydrolysis) is 1. The van der Waals surface area contributed by atoms with Crippen LogP contribution in [0.4, 0.5) is 15.3 Å². The molecule has 0 saturated heterocycles. The largest absolute Gasteiger partial charge is 0.450 e. The third-order valence-corrected chi connectivity index (χ3v) is 2.35. The molecule has 0 heterocycles. The van der Waals surface area contributed by atoms with Crippen molar-refractivity contribution >= 4 is 17.8 Å². The minimum absolute atomic E-state index is 0.306. The number of hydrogen-bond acceptors (Lipinski definition) is 3. The highest BCUT2D eigenvalue weighted by Crippen LogP contribution is 2.12. The maximum Gasteiger partial charge on any atom is 0.407 e. The second-order valence-corrected chi connectivity index (χ2v) is 3.84. The maximum absolute atomic E-state index is 11.6. The van der Waals surface area contributed by atoms with E-state index in [1.165, 1.54) is 0 Å². The predicted octanol–water partition coefficient (Wildman–Crippen LogP) is 1.86. The van der Waals surface area contributed by atoms with E-state index in [1.807, 2.05) is 31.2 Å². The lowest BCUT2D eigenvalue weighted by Crippen LogP contribution is -2.37. The van der Waals surface area contributed by atoms with Gasteiger partial charge in [-0.3, -0.25) is 0 Å². The third kappa shape index (κ3) is 5.76. The molecule has 0 saturated carbocycles. The van der Waals surface area contributed by atoms with Crippen molar-refractivity contribution in [2.75, 3.05) is 25.0 Å². The first-order valence-electron chi connectivity index (χ1n) is 6.14. The van der Waals surface area contributed by atoms with Gasteiger partial charge in [-0.05, 0) is 25.5 Å². The molecule has 0 aliphatic carbocycles. The summed E-state index contributed by atoms with van der Waals surface area (Å²) >= 11 is 0. The zero-order valence-corrected chi connectivity index (χ0v) is 11.2. The molecule has 0 aliphatic heterocycles. The molecule has 1 aromatic rings. The second-order valence-electron chi connectivity index (χ2n) is 3.84. The first-order chi connectivity index (χ1) is 9.13. The van der Waals surface area contributed by atoms with Gasteiger partial charge < -0.3 is 20.7 Å². The molecule has 0 aliphatic rings. The van der Waals surface area contributed by atoms with Crippen molar-refractivity contribution in [2.45, 2.75) is 13.8 Å². The summed E-state index contributed by atoms with van der Waals surface area (Å²) in [5.74, 6) is 0. The van der Waals surface area contributed by atoms with Crippen LogP contribution in [0.3, 0.4) is 0 Å². The number of carbonyl (C=O) groups is 2. The molecule has 6 nitrogen and oxygen atoms in total. The summed E-state index contributed by atoms with van der Waals surface area (Å²) in [4.78, 5) is 22.5. The smallest absolute Gasteiger partial charge is 0.407 e. The Morgan fingerprint density at radius 2 is 1.84 bits per heavy atom. The van der Waals surface area contributed by atoms with Crippen LogP contribution in [-0.2, 0) is 4.74 Å². The Kier molecular flexibility index (Phi) is 6.21. The zero-order chi connectivity index (χ0) is 14.1. The van der Waals surface area contributed by atoms with Crippen LogP contribution in [0.15, 0.2) is 24.3 Å². The van der Waals surface area contributed by atoms with E-state index in [4.69, 9.17) is 0 Å². The van der Waals surface area contributed by atoms with Crippen molar-refractivity contribution < 1.29 is 14.3 Å². The van der Waals surface area contributed by atoms with Crippen molar-refractivity contribution in [3.05, 3.63) is 29.8 Å². The normalized spacial score (nSPS) is 9.58. The van der Waals surface area contributed by atoms with Gasteiger partial charge in [-0.2, -0.15) is 0 Å². The van der Waals surface area contributed by atoms with Crippen LogP contribution in [0.25, 0.3) is 0 Å². The van der Waals surface area contributed by atoms with Gasteiger partial charge in [0.05, 0.1) is 6.61 Å². The van der Waals surface area contributed by atoms with E-state index >= 15 is 0 Å². The van der Waals surface area contributed by atoms with Gasteiger partial charge in [-0.15, -0.1) is 0 Å². The van der Waals surface area contributed by atoms with Gasteiger partial charge in [0.2, 0.25) is 0 Å². The number of ether oxygens (including phenoxy) is 1. The number of benzene rings is 1. The Balaban J connectivity index is 2.22. The van der Waals surface area contributed by atoms with Crippen LogP contribution in [-0.4, -0.2) is 31.8 Å². The van der Waals surface area contributed by atoms with Gasteiger partial charge in [0, 0.05) is 18.8 Å². The molecular weight excluding hydrogens is 246 g/mol. The molecule has 1 rings (SSSR count). The van der Waals surface area contributed by atoms with Crippen LogP contribution in [0, 0.1) is 6.92 Å². The topological polar surface area (TPSA) is 79.5 Å². The molecule has 0 atom stereocenters. The highest BCUT2D eigenvalue weighted by Gasteiger charge is 2.03. The van der Waals surface area contributed by atoms with Crippen LogP contribution >= 0.6 is 0 Å². The summed E-state index contributed by atoms with van der Waals surface area (Å²) in [7, 11) is 0. The Morgan fingerprint density at radius 3 is 2.53 bits per heavy atom. The molecule has 3 N–H and O–H groups in total. The Bertz CT molecular complexity index is 435. The molecule has 0 bridgehead atoms. The first kappa shape index (κ1) is 14.8. The number of urea groups is 1. The minimum Gasteiger partial charge on any atom is -0.450 e. The van der Waals surface area contributed by atoms with E-state index < -0.39 is 6.09 Å². The monoisotopic (exact) mass is 265 g/mol. The summed E-state index contributed by atoms with van der Waals surface area (Å²) in [5.41, 5.74) is 1.75. The molecule has 0 aromatic heterocycles. The van der Waals surface area contributed by atoms with Gasteiger partial charge in [0.25, 0.3) is 0 Å². The number of aryl methyl sites for hydroxylation is 1. The quantitative estimate of drug-likeness (QED) is 0.711. The molecule has 3 amide bonds. The van der Waals surface area contributed by atoms with Gasteiger partial charge in [0.1, 0.15) is 0 Å². The summed E-state index contributed by atoms with van der Waals surface area (Å²) < 4.78 is 4.68. The third-order valence-electron chi connectivity index (χ3n) is 2.35. The van der Waals surface area contributed by atoms with E-state index in [0.29, 0.717) is 19.7 Å². The lowest BCUT2D eigenvalue weighted by atomic mass is 10.2. The van der Waals surface area contributed by atoms with Crippen molar-refractivity contribution in [1.29, 1.82) is 0 Å². The molecule has 6 heteroatoms. The highest BCUT2D eigenvalue weighted by atomic mass is 16.5. The maximum atomic E-state index is 11.6. The van der Waals surface area contributed by atoms with E-state index in [0.717, 1.165) is 11.3 Å². The molecule has 1 aromatic carbocycles. The predicted molar refractivity (Wildman–Crippen MR) is 73.2 cm³/mol.